The van der Waals surface area contributed by atoms with Crippen molar-refractivity contribution in [3.05, 3.63) is 59.3 Å². The summed E-state index contributed by atoms with van der Waals surface area (Å²) in [6, 6.07) is 11.4. The van der Waals surface area contributed by atoms with Crippen LogP contribution in [0.25, 0.3) is 16.6 Å². The Morgan fingerprint density at radius 2 is 1.87 bits per heavy atom. The normalized spacial score (nSPS) is 12.2. The van der Waals surface area contributed by atoms with Gasteiger partial charge in [-0.05, 0) is 72.9 Å². The van der Waals surface area contributed by atoms with Crippen molar-refractivity contribution in [1.82, 2.24) is 10.3 Å². The van der Waals surface area contributed by atoms with Crippen LogP contribution in [0.2, 0.25) is 0 Å². The average Bonchev–Trinajstić information content (AvgIpc) is 3.19. The van der Waals surface area contributed by atoms with Crippen molar-refractivity contribution in [2.75, 3.05) is 11.9 Å². The molecule has 0 atom stereocenters. The van der Waals surface area contributed by atoms with Gasteiger partial charge in [0.1, 0.15) is 11.5 Å². The highest BCUT2D eigenvalue weighted by Crippen LogP contribution is 2.40. The van der Waals surface area contributed by atoms with Crippen molar-refractivity contribution in [2.24, 2.45) is 0 Å². The molecule has 0 saturated carbocycles. The first kappa shape index (κ1) is 21.7. The van der Waals surface area contributed by atoms with E-state index in [2.05, 4.69) is 23.3 Å². The van der Waals surface area contributed by atoms with E-state index in [1.807, 2.05) is 56.1 Å². The number of aromatic amines is 1. The summed E-state index contributed by atoms with van der Waals surface area (Å²) in [7, 11) is 1.79. The van der Waals surface area contributed by atoms with Crippen LogP contribution in [0.4, 0.5) is 5.69 Å². The molecule has 158 valence electrons. The van der Waals surface area contributed by atoms with Gasteiger partial charge in [0, 0.05) is 41.5 Å². The Hall–Kier alpha value is -2.99. The number of phenols is 2. The first-order chi connectivity index (χ1) is 14.3. The average molecular weight is 424 g/mol. The van der Waals surface area contributed by atoms with Gasteiger partial charge < -0.3 is 20.5 Å². The molecule has 2 aromatic carbocycles. The number of allylic oxidation sites excluding steroid dienone is 1. The Labute approximate surface area is 183 Å². The van der Waals surface area contributed by atoms with Crippen LogP contribution in [0.3, 0.4) is 0 Å². The molecule has 3 rings (SSSR count). The van der Waals surface area contributed by atoms with Crippen LogP contribution in [0, 0.1) is 0 Å². The fourth-order valence-electron chi connectivity index (χ4n) is 3.59. The Kier molecular flexibility index (Phi) is 6.37. The van der Waals surface area contributed by atoms with Crippen molar-refractivity contribution in [1.29, 1.82) is 0 Å². The molecule has 5 nitrogen and oxygen atoms in total. The Balaban J connectivity index is 2.29. The highest BCUT2D eigenvalue weighted by molar-refractivity contribution is 7.80. The molecule has 0 bridgehead atoms. The van der Waals surface area contributed by atoms with Crippen LogP contribution in [-0.2, 0) is 0 Å². The van der Waals surface area contributed by atoms with Crippen LogP contribution in [-0.4, -0.2) is 27.4 Å². The fourth-order valence-corrected chi connectivity index (χ4v) is 3.79. The van der Waals surface area contributed by atoms with Crippen molar-refractivity contribution >= 4 is 39.6 Å². The van der Waals surface area contributed by atoms with Crippen LogP contribution in [0.15, 0.2) is 48.2 Å². The molecule has 1 aromatic heterocycles. The number of nitrogens with zero attached hydrogens (tertiary/aromatic N) is 1. The maximum Gasteiger partial charge on any atom is 0.177 e. The van der Waals surface area contributed by atoms with Crippen molar-refractivity contribution in [2.45, 2.75) is 40.0 Å². The zero-order valence-corrected chi connectivity index (χ0v) is 18.9. The molecule has 0 saturated heterocycles. The molecule has 0 fully saturated rings. The number of aromatic hydroxyl groups is 2. The highest BCUT2D eigenvalue weighted by Gasteiger charge is 2.24. The molecule has 6 heteroatoms. The van der Waals surface area contributed by atoms with E-state index in [1.165, 1.54) is 6.07 Å². The minimum Gasteiger partial charge on any atom is -0.508 e. The van der Waals surface area contributed by atoms with Crippen LogP contribution in [0.5, 0.6) is 11.5 Å². The van der Waals surface area contributed by atoms with Gasteiger partial charge in [-0.3, -0.25) is 4.90 Å². The van der Waals surface area contributed by atoms with Gasteiger partial charge in [0.05, 0.1) is 5.70 Å². The molecule has 0 unspecified atom stereocenters. The number of hydrogen-bond donors (Lipinski definition) is 4. The fraction of sp³-hybridized carbons (Fsp3) is 0.292. The van der Waals surface area contributed by atoms with E-state index in [0.29, 0.717) is 10.7 Å². The number of nitrogens with one attached hydrogen (secondary N) is 2. The minimum atomic E-state index is 0.0197. The second-order valence-electron chi connectivity index (χ2n) is 7.71. The summed E-state index contributed by atoms with van der Waals surface area (Å²) in [5.41, 5.74) is 5.23. The molecule has 3 aromatic rings. The highest BCUT2D eigenvalue weighted by atomic mass is 32.1. The van der Waals surface area contributed by atoms with Crippen LogP contribution < -0.4 is 10.2 Å². The molecular formula is C24H29N3O2S. The van der Waals surface area contributed by atoms with Crippen molar-refractivity contribution in [3.63, 3.8) is 0 Å². The molecule has 30 heavy (non-hydrogen) atoms. The molecule has 4 N–H and O–H groups in total. The quantitative estimate of drug-likeness (QED) is 0.387. The third-order valence-corrected chi connectivity index (χ3v) is 5.78. The van der Waals surface area contributed by atoms with Gasteiger partial charge in [-0.25, -0.2) is 0 Å². The zero-order chi connectivity index (χ0) is 22.0. The van der Waals surface area contributed by atoms with E-state index in [9.17, 15) is 10.2 Å². The Morgan fingerprint density at radius 3 is 2.50 bits per heavy atom. The maximum absolute atomic E-state index is 10.8. The van der Waals surface area contributed by atoms with Crippen LogP contribution >= 0.6 is 12.2 Å². The zero-order valence-electron chi connectivity index (χ0n) is 18.1. The van der Waals surface area contributed by atoms with E-state index in [-0.39, 0.29) is 17.4 Å². The summed E-state index contributed by atoms with van der Waals surface area (Å²) in [4.78, 5) is 5.17. The van der Waals surface area contributed by atoms with Gasteiger partial charge in [-0.1, -0.05) is 20.8 Å². The number of hydrogen-bond acceptors (Lipinski definition) is 3. The molecule has 0 amide bonds. The van der Waals surface area contributed by atoms with Gasteiger partial charge in [0.2, 0.25) is 0 Å². The number of anilines is 1. The summed E-state index contributed by atoms with van der Waals surface area (Å²) in [6.07, 6.45) is 2.69. The van der Waals surface area contributed by atoms with E-state index in [4.69, 9.17) is 12.2 Å². The Bertz CT molecular complexity index is 1110. The van der Waals surface area contributed by atoms with Gasteiger partial charge in [-0.15, -0.1) is 0 Å². The molecular weight excluding hydrogens is 394 g/mol. The van der Waals surface area contributed by atoms with Crippen LogP contribution in [0.1, 0.15) is 51.2 Å². The summed E-state index contributed by atoms with van der Waals surface area (Å²) < 4.78 is 0. The molecule has 0 aliphatic carbocycles. The first-order valence-electron chi connectivity index (χ1n) is 10.1. The lowest BCUT2D eigenvalue weighted by molar-refractivity contribution is 0.443. The summed E-state index contributed by atoms with van der Waals surface area (Å²) in [5.74, 6) is 0.219. The number of rotatable bonds is 5. The Morgan fingerprint density at radius 1 is 1.13 bits per heavy atom. The summed E-state index contributed by atoms with van der Waals surface area (Å²) >= 11 is 5.70. The monoisotopic (exact) mass is 423 g/mol. The third kappa shape index (κ3) is 4.00. The number of phenolic OH excluding ortho intramolecular Hbond substituents is 2. The van der Waals surface area contributed by atoms with Gasteiger partial charge in [0.15, 0.2) is 5.11 Å². The largest absolute Gasteiger partial charge is 0.508 e. The molecule has 0 radical (unpaired) electrons. The third-order valence-electron chi connectivity index (χ3n) is 5.39. The van der Waals surface area contributed by atoms with Gasteiger partial charge in [-0.2, -0.15) is 0 Å². The maximum atomic E-state index is 10.8. The van der Waals surface area contributed by atoms with E-state index in [0.717, 1.165) is 39.8 Å². The number of benzene rings is 2. The number of fused-ring (bicyclic) bond motifs is 1. The minimum absolute atomic E-state index is 0.0197. The van der Waals surface area contributed by atoms with Crippen molar-refractivity contribution < 1.29 is 10.2 Å². The van der Waals surface area contributed by atoms with E-state index >= 15 is 0 Å². The van der Waals surface area contributed by atoms with E-state index < -0.39 is 0 Å². The number of H-pyrrole nitrogens is 1. The molecule has 1 heterocycles. The topological polar surface area (TPSA) is 71.5 Å². The van der Waals surface area contributed by atoms with Gasteiger partial charge in [0.25, 0.3) is 0 Å². The van der Waals surface area contributed by atoms with E-state index in [1.54, 1.807) is 7.05 Å². The SMILES string of the molecule is CCC(C)=C(c1cc(C(C)C)c(O)cc1O)N(C(=S)NC)c1ccc2[nH]ccc2c1. The standard InChI is InChI=1S/C24H29N3O2S/c1-6-15(4)23(19-12-18(14(2)3)21(28)13-22(19)29)27(24(30)25-5)17-7-8-20-16(11-17)9-10-26-20/h7-14,26,28-29H,6H2,1-5H3,(H,25,30). The summed E-state index contributed by atoms with van der Waals surface area (Å²) in [5, 5.41) is 25.8. The molecule has 0 aliphatic heterocycles. The van der Waals surface area contributed by atoms with Gasteiger partial charge >= 0.3 is 0 Å². The lowest BCUT2D eigenvalue weighted by atomic mass is 9.95. The second kappa shape index (κ2) is 8.79. The first-order valence-corrected chi connectivity index (χ1v) is 10.5. The smallest absolute Gasteiger partial charge is 0.177 e. The summed E-state index contributed by atoms with van der Waals surface area (Å²) in [6.45, 7) is 8.15. The molecule has 0 spiro atoms. The lowest BCUT2D eigenvalue weighted by Gasteiger charge is -2.30. The number of aromatic nitrogens is 1. The predicted molar refractivity (Wildman–Crippen MR) is 129 cm³/mol. The lowest BCUT2D eigenvalue weighted by Crippen LogP contribution is -2.37. The predicted octanol–water partition coefficient (Wildman–Crippen LogP) is 5.85. The number of thiocarbonyl (C=S) groups is 1. The second-order valence-corrected chi connectivity index (χ2v) is 8.09. The van der Waals surface area contributed by atoms with Crippen molar-refractivity contribution in [3.8, 4) is 11.5 Å². The molecule has 0 aliphatic rings.